The lowest BCUT2D eigenvalue weighted by Crippen LogP contribution is -2.42. The quantitative estimate of drug-likeness (QED) is 0.785. The van der Waals surface area contributed by atoms with Gasteiger partial charge in [-0.1, -0.05) is 67.8 Å². The van der Waals surface area contributed by atoms with Crippen molar-refractivity contribution < 1.29 is 10.0 Å². The zero-order chi connectivity index (χ0) is 14.4. The van der Waals surface area contributed by atoms with Crippen LogP contribution in [0.1, 0.15) is 36.8 Å². The first-order valence-corrected chi connectivity index (χ1v) is 7.80. The molecule has 2 aromatic rings. The molecule has 2 aromatic carbocycles. The van der Waals surface area contributed by atoms with Crippen molar-refractivity contribution in [2.45, 2.75) is 36.9 Å². The molecular weight excluding hydrogens is 259 g/mol. The van der Waals surface area contributed by atoms with Crippen LogP contribution in [-0.2, 0) is 5.41 Å². The average molecular weight is 278 g/mol. The Morgan fingerprint density at radius 1 is 0.857 bits per heavy atom. The van der Waals surface area contributed by atoms with Crippen LogP contribution in [-0.4, -0.2) is 17.2 Å². The molecule has 0 bridgehead atoms. The summed E-state index contributed by atoms with van der Waals surface area (Å²) in [5.41, 5.74) is 4.87. The molecule has 0 radical (unpaired) electrons. The highest BCUT2D eigenvalue weighted by molar-refractivity contribution is 6.44. The van der Waals surface area contributed by atoms with E-state index in [1.54, 1.807) is 0 Å². The van der Waals surface area contributed by atoms with Gasteiger partial charge >= 0.3 is 7.12 Å². The van der Waals surface area contributed by atoms with E-state index in [1.165, 1.54) is 22.3 Å². The molecule has 1 atom stereocenters. The molecule has 4 rings (SSSR count). The van der Waals surface area contributed by atoms with Gasteiger partial charge in [-0.2, -0.15) is 0 Å². The third-order valence-corrected chi connectivity index (χ3v) is 5.43. The van der Waals surface area contributed by atoms with Crippen LogP contribution in [0.25, 0.3) is 11.1 Å². The predicted octanol–water partition coefficient (Wildman–Crippen LogP) is 3.37. The molecular formula is C18H19BO2. The highest BCUT2D eigenvalue weighted by atomic mass is 16.4. The van der Waals surface area contributed by atoms with Gasteiger partial charge in [0.2, 0.25) is 0 Å². The SMILES string of the molecule is OB(O)[C@H]1CCCCC12c1ccccc1-c1ccccc12. The van der Waals surface area contributed by atoms with E-state index in [2.05, 4.69) is 48.5 Å². The molecule has 1 fully saturated rings. The topological polar surface area (TPSA) is 40.5 Å². The Morgan fingerprint density at radius 2 is 1.43 bits per heavy atom. The van der Waals surface area contributed by atoms with Gasteiger partial charge in [0, 0.05) is 11.2 Å². The number of hydrogen-bond acceptors (Lipinski definition) is 2. The van der Waals surface area contributed by atoms with Crippen molar-refractivity contribution in [2.75, 3.05) is 0 Å². The molecule has 0 heterocycles. The van der Waals surface area contributed by atoms with E-state index in [4.69, 9.17) is 0 Å². The number of benzene rings is 2. The standard InChI is InChI=1S/C18H19BO2/c20-19(21)17-11-5-6-12-18(17)15-9-3-1-7-13(15)14-8-2-4-10-16(14)18/h1-4,7-10,17,20-21H,5-6,11-12H2/t17-/m0/s1. The Labute approximate surface area is 125 Å². The summed E-state index contributed by atoms with van der Waals surface area (Å²) in [6.07, 6.45) is 4.10. The van der Waals surface area contributed by atoms with E-state index in [1.807, 2.05) is 0 Å². The Balaban J connectivity index is 2.03. The maximum atomic E-state index is 10.0. The fraction of sp³-hybridized carbons (Fsp3) is 0.333. The predicted molar refractivity (Wildman–Crippen MR) is 85.1 cm³/mol. The maximum absolute atomic E-state index is 10.0. The van der Waals surface area contributed by atoms with Crippen LogP contribution in [0.3, 0.4) is 0 Å². The number of hydrogen-bond donors (Lipinski definition) is 2. The van der Waals surface area contributed by atoms with Gasteiger partial charge in [-0.3, -0.25) is 0 Å². The Bertz CT molecular complexity index is 635. The second-order valence-electron chi connectivity index (χ2n) is 6.33. The summed E-state index contributed by atoms with van der Waals surface area (Å²) in [6, 6.07) is 17.0. The van der Waals surface area contributed by atoms with Gasteiger partial charge < -0.3 is 10.0 Å². The average Bonchev–Trinajstić information content (AvgIpc) is 2.80. The van der Waals surface area contributed by atoms with Crippen LogP contribution < -0.4 is 0 Å². The first-order valence-electron chi connectivity index (χ1n) is 7.80. The van der Waals surface area contributed by atoms with Gasteiger partial charge in [0.15, 0.2) is 0 Å². The summed E-state index contributed by atoms with van der Waals surface area (Å²) in [7, 11) is -1.26. The van der Waals surface area contributed by atoms with E-state index in [0.29, 0.717) is 0 Å². The first kappa shape index (κ1) is 13.1. The number of rotatable bonds is 1. The molecule has 0 aromatic heterocycles. The van der Waals surface area contributed by atoms with Crippen LogP contribution in [0.4, 0.5) is 0 Å². The van der Waals surface area contributed by atoms with Crippen molar-refractivity contribution in [3.8, 4) is 11.1 Å². The molecule has 0 amide bonds. The van der Waals surface area contributed by atoms with Crippen LogP contribution in [0.5, 0.6) is 0 Å². The van der Waals surface area contributed by atoms with Crippen molar-refractivity contribution in [3.63, 3.8) is 0 Å². The van der Waals surface area contributed by atoms with Crippen LogP contribution in [0.2, 0.25) is 5.82 Å². The molecule has 2 aliphatic carbocycles. The Kier molecular flexibility index (Phi) is 2.95. The Morgan fingerprint density at radius 3 is 2.00 bits per heavy atom. The minimum atomic E-state index is -1.26. The second-order valence-corrected chi connectivity index (χ2v) is 6.33. The third-order valence-electron chi connectivity index (χ3n) is 5.43. The fourth-order valence-electron chi connectivity index (χ4n) is 4.63. The van der Waals surface area contributed by atoms with Crippen molar-refractivity contribution >= 4 is 7.12 Å². The second kappa shape index (κ2) is 4.72. The fourth-order valence-corrected chi connectivity index (χ4v) is 4.63. The zero-order valence-corrected chi connectivity index (χ0v) is 12.0. The molecule has 3 heteroatoms. The first-order chi connectivity index (χ1) is 10.2. The minimum Gasteiger partial charge on any atom is -0.427 e. The van der Waals surface area contributed by atoms with Crippen molar-refractivity contribution in [2.24, 2.45) is 0 Å². The van der Waals surface area contributed by atoms with E-state index in [9.17, 15) is 10.0 Å². The Hall–Kier alpha value is -1.58. The maximum Gasteiger partial charge on any atom is 0.456 e. The minimum absolute atomic E-state index is 0.115. The molecule has 21 heavy (non-hydrogen) atoms. The van der Waals surface area contributed by atoms with E-state index >= 15 is 0 Å². The van der Waals surface area contributed by atoms with Crippen molar-refractivity contribution in [1.82, 2.24) is 0 Å². The monoisotopic (exact) mass is 278 g/mol. The highest BCUT2D eigenvalue weighted by Gasteiger charge is 2.52. The lowest BCUT2D eigenvalue weighted by molar-refractivity contribution is 0.283. The van der Waals surface area contributed by atoms with E-state index in [0.717, 1.165) is 25.7 Å². The highest BCUT2D eigenvalue weighted by Crippen LogP contribution is 2.60. The summed E-state index contributed by atoms with van der Waals surface area (Å²) in [5, 5.41) is 20.0. The molecule has 106 valence electrons. The largest absolute Gasteiger partial charge is 0.456 e. The lowest BCUT2D eigenvalue weighted by Gasteiger charge is -2.43. The van der Waals surface area contributed by atoms with Gasteiger partial charge in [0.1, 0.15) is 0 Å². The number of fused-ring (bicyclic) bond motifs is 5. The lowest BCUT2D eigenvalue weighted by atomic mass is 9.49. The molecule has 1 saturated carbocycles. The molecule has 2 nitrogen and oxygen atoms in total. The van der Waals surface area contributed by atoms with Crippen LogP contribution in [0, 0.1) is 0 Å². The van der Waals surface area contributed by atoms with Crippen LogP contribution in [0.15, 0.2) is 48.5 Å². The third kappa shape index (κ3) is 1.68. The summed E-state index contributed by atoms with van der Waals surface area (Å²) < 4.78 is 0. The molecule has 0 unspecified atom stereocenters. The zero-order valence-electron chi connectivity index (χ0n) is 12.0. The van der Waals surface area contributed by atoms with E-state index in [-0.39, 0.29) is 11.2 Å². The van der Waals surface area contributed by atoms with Gasteiger partial charge in [-0.25, -0.2) is 0 Å². The molecule has 2 N–H and O–H groups in total. The van der Waals surface area contributed by atoms with Gasteiger partial charge in [0.05, 0.1) is 0 Å². The molecule has 0 saturated heterocycles. The van der Waals surface area contributed by atoms with E-state index < -0.39 is 7.12 Å². The molecule has 2 aliphatic rings. The van der Waals surface area contributed by atoms with Crippen LogP contribution >= 0.6 is 0 Å². The van der Waals surface area contributed by atoms with Gasteiger partial charge in [0.25, 0.3) is 0 Å². The van der Waals surface area contributed by atoms with Crippen molar-refractivity contribution in [3.05, 3.63) is 59.7 Å². The smallest absolute Gasteiger partial charge is 0.427 e. The van der Waals surface area contributed by atoms with Gasteiger partial charge in [-0.15, -0.1) is 0 Å². The van der Waals surface area contributed by atoms with Gasteiger partial charge in [-0.05, 0) is 28.7 Å². The summed E-state index contributed by atoms with van der Waals surface area (Å²) in [6.45, 7) is 0. The normalized spacial score (nSPS) is 21.9. The molecule has 0 aliphatic heterocycles. The summed E-state index contributed by atoms with van der Waals surface area (Å²) in [4.78, 5) is 0. The van der Waals surface area contributed by atoms with Crippen molar-refractivity contribution in [1.29, 1.82) is 0 Å². The molecule has 1 spiro atoms. The summed E-state index contributed by atoms with van der Waals surface area (Å²) >= 11 is 0. The summed E-state index contributed by atoms with van der Waals surface area (Å²) in [5.74, 6) is -0.115.